The van der Waals surface area contributed by atoms with Crippen LogP contribution in [0, 0.1) is 10.1 Å². The van der Waals surface area contributed by atoms with Crippen LogP contribution < -0.4 is 10.1 Å². The molecule has 2 aromatic carbocycles. The quantitative estimate of drug-likeness (QED) is 0.407. The van der Waals surface area contributed by atoms with Crippen LogP contribution in [0.25, 0.3) is 6.08 Å². The molecule has 1 heterocycles. The SMILES string of the molecule is CCOc1ccc(NC(=O)CN2C(=O)S/C(=C/c3cccc([N+](=O)[O-])c3)C2=O)cc1. The van der Waals surface area contributed by atoms with E-state index in [0.717, 1.165) is 4.90 Å². The monoisotopic (exact) mass is 427 g/mol. The number of nitrogens with zero attached hydrogens (tertiary/aromatic N) is 2. The molecule has 2 aromatic rings. The number of imide groups is 1. The Bertz CT molecular complexity index is 1040. The third kappa shape index (κ3) is 5.03. The van der Waals surface area contributed by atoms with Crippen LogP contribution in [-0.4, -0.2) is 40.0 Å². The summed E-state index contributed by atoms with van der Waals surface area (Å²) < 4.78 is 5.33. The lowest BCUT2D eigenvalue weighted by atomic mass is 10.2. The first-order valence-electron chi connectivity index (χ1n) is 8.90. The second-order valence-corrected chi connectivity index (χ2v) is 7.12. The molecule has 0 aliphatic carbocycles. The fourth-order valence-corrected chi connectivity index (χ4v) is 3.50. The van der Waals surface area contributed by atoms with Gasteiger partial charge in [0.25, 0.3) is 16.8 Å². The van der Waals surface area contributed by atoms with Crippen LogP contribution in [-0.2, 0) is 9.59 Å². The average molecular weight is 427 g/mol. The van der Waals surface area contributed by atoms with Gasteiger partial charge in [0.2, 0.25) is 5.91 Å². The summed E-state index contributed by atoms with van der Waals surface area (Å²) in [6, 6.07) is 12.4. The van der Waals surface area contributed by atoms with E-state index in [-0.39, 0.29) is 10.6 Å². The Morgan fingerprint density at radius 2 is 1.97 bits per heavy atom. The van der Waals surface area contributed by atoms with E-state index >= 15 is 0 Å². The molecule has 9 nitrogen and oxygen atoms in total. The van der Waals surface area contributed by atoms with Crippen LogP contribution in [0.5, 0.6) is 5.75 Å². The van der Waals surface area contributed by atoms with Crippen LogP contribution in [0.3, 0.4) is 0 Å². The number of ether oxygens (including phenoxy) is 1. The van der Waals surface area contributed by atoms with E-state index in [1.165, 1.54) is 24.3 Å². The number of carbonyl (C=O) groups is 3. The molecule has 1 saturated heterocycles. The molecule has 1 aliphatic rings. The molecule has 0 spiro atoms. The Morgan fingerprint density at radius 1 is 1.23 bits per heavy atom. The van der Waals surface area contributed by atoms with Crippen molar-refractivity contribution in [1.82, 2.24) is 4.90 Å². The van der Waals surface area contributed by atoms with Crippen LogP contribution >= 0.6 is 11.8 Å². The second-order valence-electron chi connectivity index (χ2n) is 6.13. The summed E-state index contributed by atoms with van der Waals surface area (Å²) in [6.07, 6.45) is 1.39. The molecule has 1 N–H and O–H groups in total. The van der Waals surface area contributed by atoms with Crippen LogP contribution in [0.4, 0.5) is 16.2 Å². The number of nitro benzene ring substituents is 1. The van der Waals surface area contributed by atoms with Gasteiger partial charge in [0, 0.05) is 17.8 Å². The lowest BCUT2D eigenvalue weighted by Gasteiger charge is -2.12. The van der Waals surface area contributed by atoms with Gasteiger partial charge in [0.1, 0.15) is 12.3 Å². The largest absolute Gasteiger partial charge is 0.494 e. The second kappa shape index (κ2) is 9.23. The lowest BCUT2D eigenvalue weighted by molar-refractivity contribution is -0.384. The minimum absolute atomic E-state index is 0.0920. The van der Waals surface area contributed by atoms with Crippen LogP contribution in [0.2, 0.25) is 0 Å². The number of thioether (sulfide) groups is 1. The molecule has 1 fully saturated rings. The zero-order valence-electron chi connectivity index (χ0n) is 15.9. The molecule has 1 aliphatic heterocycles. The van der Waals surface area contributed by atoms with E-state index in [9.17, 15) is 24.5 Å². The number of carbonyl (C=O) groups excluding carboxylic acids is 3. The maximum Gasteiger partial charge on any atom is 0.294 e. The number of anilines is 1. The molecule has 0 bridgehead atoms. The Hall–Kier alpha value is -3.66. The first kappa shape index (κ1) is 21.1. The summed E-state index contributed by atoms with van der Waals surface area (Å²) in [5.74, 6) is -0.496. The highest BCUT2D eigenvalue weighted by Crippen LogP contribution is 2.32. The van der Waals surface area contributed by atoms with Gasteiger partial charge in [-0.15, -0.1) is 0 Å². The molecule has 0 saturated carbocycles. The minimum atomic E-state index is -0.627. The first-order valence-corrected chi connectivity index (χ1v) is 9.71. The smallest absolute Gasteiger partial charge is 0.294 e. The maximum absolute atomic E-state index is 12.5. The number of non-ortho nitro benzene ring substituents is 1. The van der Waals surface area contributed by atoms with Gasteiger partial charge in [-0.3, -0.25) is 29.4 Å². The Morgan fingerprint density at radius 3 is 2.63 bits per heavy atom. The van der Waals surface area contributed by atoms with E-state index in [1.54, 1.807) is 30.3 Å². The van der Waals surface area contributed by atoms with Crippen LogP contribution in [0.15, 0.2) is 53.4 Å². The maximum atomic E-state index is 12.5. The highest BCUT2D eigenvalue weighted by Gasteiger charge is 2.36. The van der Waals surface area contributed by atoms with Crippen molar-refractivity contribution in [2.45, 2.75) is 6.92 Å². The van der Waals surface area contributed by atoms with Gasteiger partial charge in [-0.05, 0) is 54.6 Å². The van der Waals surface area contributed by atoms with E-state index in [1.807, 2.05) is 6.92 Å². The normalized spacial score (nSPS) is 14.8. The predicted octanol–water partition coefficient (Wildman–Crippen LogP) is 3.67. The summed E-state index contributed by atoms with van der Waals surface area (Å²) in [4.78, 5) is 48.2. The summed E-state index contributed by atoms with van der Waals surface area (Å²) in [6.45, 7) is 1.94. The number of amides is 3. The summed E-state index contributed by atoms with van der Waals surface area (Å²) in [5.41, 5.74) is 0.786. The van der Waals surface area contributed by atoms with E-state index in [0.29, 0.717) is 35.4 Å². The Balaban J connectivity index is 1.66. The number of hydrogen-bond donors (Lipinski definition) is 1. The van der Waals surface area contributed by atoms with Gasteiger partial charge < -0.3 is 10.1 Å². The zero-order chi connectivity index (χ0) is 21.7. The van der Waals surface area contributed by atoms with Crippen molar-refractivity contribution in [3.8, 4) is 5.75 Å². The van der Waals surface area contributed by atoms with Crippen molar-refractivity contribution in [2.75, 3.05) is 18.5 Å². The number of rotatable bonds is 7. The molecule has 0 radical (unpaired) electrons. The molecule has 0 aromatic heterocycles. The fraction of sp³-hybridized carbons (Fsp3) is 0.150. The molecule has 0 unspecified atom stereocenters. The molecule has 154 valence electrons. The van der Waals surface area contributed by atoms with Crippen molar-refractivity contribution in [3.63, 3.8) is 0 Å². The summed E-state index contributed by atoms with van der Waals surface area (Å²) >= 11 is 0.679. The van der Waals surface area contributed by atoms with Gasteiger partial charge in [-0.2, -0.15) is 0 Å². The first-order chi connectivity index (χ1) is 14.4. The minimum Gasteiger partial charge on any atom is -0.494 e. The number of nitrogens with one attached hydrogen (secondary N) is 1. The zero-order valence-corrected chi connectivity index (χ0v) is 16.7. The van der Waals surface area contributed by atoms with Crippen molar-refractivity contribution in [3.05, 3.63) is 69.1 Å². The lowest BCUT2D eigenvalue weighted by Crippen LogP contribution is -2.36. The fourth-order valence-electron chi connectivity index (χ4n) is 2.66. The Kier molecular flexibility index (Phi) is 6.48. The molecular weight excluding hydrogens is 410 g/mol. The van der Waals surface area contributed by atoms with Gasteiger partial charge in [0.05, 0.1) is 16.4 Å². The standard InChI is InChI=1S/C20H17N3O6S/c1-2-29-16-8-6-14(7-9-16)21-18(24)12-22-19(25)17(30-20(22)26)11-13-4-3-5-15(10-13)23(27)28/h3-11H,2,12H2,1H3,(H,21,24)/b17-11+. The van der Waals surface area contributed by atoms with Gasteiger partial charge in [0.15, 0.2) is 0 Å². The molecule has 3 amide bonds. The molecule has 10 heteroatoms. The summed E-state index contributed by atoms with van der Waals surface area (Å²) in [7, 11) is 0. The van der Waals surface area contributed by atoms with Crippen molar-refractivity contribution >= 4 is 46.3 Å². The van der Waals surface area contributed by atoms with Crippen molar-refractivity contribution in [2.24, 2.45) is 0 Å². The van der Waals surface area contributed by atoms with Gasteiger partial charge >= 0.3 is 0 Å². The molecule has 3 rings (SSSR count). The molecule has 30 heavy (non-hydrogen) atoms. The van der Waals surface area contributed by atoms with Crippen molar-refractivity contribution in [1.29, 1.82) is 0 Å². The Labute approximate surface area is 175 Å². The highest BCUT2D eigenvalue weighted by molar-refractivity contribution is 8.18. The van der Waals surface area contributed by atoms with Crippen LogP contribution in [0.1, 0.15) is 12.5 Å². The van der Waals surface area contributed by atoms with Gasteiger partial charge in [-0.25, -0.2) is 0 Å². The third-order valence-corrected chi connectivity index (χ3v) is 4.91. The number of hydrogen-bond acceptors (Lipinski definition) is 7. The summed E-state index contributed by atoms with van der Waals surface area (Å²) in [5, 5.41) is 12.9. The molecular formula is C20H17N3O6S. The third-order valence-electron chi connectivity index (χ3n) is 4.00. The van der Waals surface area contributed by atoms with Gasteiger partial charge in [-0.1, -0.05) is 12.1 Å². The molecule has 0 atom stereocenters. The predicted molar refractivity (Wildman–Crippen MR) is 112 cm³/mol. The van der Waals surface area contributed by atoms with E-state index in [4.69, 9.17) is 4.74 Å². The average Bonchev–Trinajstić information content (AvgIpc) is 2.97. The number of nitro groups is 1. The van der Waals surface area contributed by atoms with E-state index in [2.05, 4.69) is 5.32 Å². The highest BCUT2D eigenvalue weighted by atomic mass is 32.2. The van der Waals surface area contributed by atoms with E-state index < -0.39 is 28.5 Å². The number of benzene rings is 2. The van der Waals surface area contributed by atoms with Crippen molar-refractivity contribution < 1.29 is 24.0 Å². The topological polar surface area (TPSA) is 119 Å².